The number of nitrogens with zero attached hydrogens (tertiary/aromatic N) is 3. The minimum absolute atomic E-state index is 0.497. The zero-order valence-corrected chi connectivity index (χ0v) is 10.5. The van der Waals surface area contributed by atoms with Gasteiger partial charge in [0.15, 0.2) is 0 Å². The molecule has 16 heavy (non-hydrogen) atoms. The quantitative estimate of drug-likeness (QED) is 0.777. The molecule has 0 radical (unpaired) electrons. The molecule has 0 atom stereocenters. The van der Waals surface area contributed by atoms with Crippen molar-refractivity contribution in [1.82, 2.24) is 9.88 Å². The summed E-state index contributed by atoms with van der Waals surface area (Å²) in [5.74, 6) is 0. The van der Waals surface area contributed by atoms with Crippen LogP contribution in [-0.2, 0) is 13.0 Å². The predicted molar refractivity (Wildman–Crippen MR) is 64.9 cm³/mol. The lowest BCUT2D eigenvalue weighted by molar-refractivity contribution is 0.265. The van der Waals surface area contributed by atoms with Gasteiger partial charge in [0.25, 0.3) is 0 Å². The number of aromatic nitrogens is 1. The van der Waals surface area contributed by atoms with E-state index in [0.717, 1.165) is 24.2 Å². The Morgan fingerprint density at radius 2 is 2.19 bits per heavy atom. The molecule has 0 spiro atoms. The van der Waals surface area contributed by atoms with Crippen LogP contribution in [0.3, 0.4) is 0 Å². The highest BCUT2D eigenvalue weighted by Gasteiger charge is 2.07. The van der Waals surface area contributed by atoms with Crippen molar-refractivity contribution in [2.75, 3.05) is 7.05 Å². The standard InChI is InChI=1S/C13H19N3/c1-5-13-12(7-14)6-11(8-15-13)9-16(4)10(2)3/h6,8,10H,5,9H2,1-4H3. The van der Waals surface area contributed by atoms with E-state index in [1.807, 2.05) is 19.2 Å². The summed E-state index contributed by atoms with van der Waals surface area (Å²) in [6, 6.07) is 4.65. The fraction of sp³-hybridized carbons (Fsp3) is 0.538. The third kappa shape index (κ3) is 3.04. The van der Waals surface area contributed by atoms with E-state index in [4.69, 9.17) is 5.26 Å². The Balaban J connectivity index is 2.88. The van der Waals surface area contributed by atoms with Crippen LogP contribution in [0.2, 0.25) is 0 Å². The van der Waals surface area contributed by atoms with Crippen molar-refractivity contribution in [1.29, 1.82) is 5.26 Å². The van der Waals surface area contributed by atoms with Crippen LogP contribution in [0.1, 0.15) is 37.6 Å². The van der Waals surface area contributed by atoms with E-state index in [0.29, 0.717) is 11.6 Å². The molecule has 1 aromatic heterocycles. The summed E-state index contributed by atoms with van der Waals surface area (Å²) in [5, 5.41) is 9.01. The van der Waals surface area contributed by atoms with Gasteiger partial charge >= 0.3 is 0 Å². The van der Waals surface area contributed by atoms with Gasteiger partial charge in [0.2, 0.25) is 0 Å². The third-order valence-electron chi connectivity index (χ3n) is 2.80. The molecule has 1 heterocycles. The van der Waals surface area contributed by atoms with Crippen LogP contribution in [0.15, 0.2) is 12.3 Å². The molecule has 0 bridgehead atoms. The van der Waals surface area contributed by atoms with Gasteiger partial charge in [-0.3, -0.25) is 9.88 Å². The fourth-order valence-corrected chi connectivity index (χ4v) is 1.47. The van der Waals surface area contributed by atoms with E-state index in [9.17, 15) is 0 Å². The molecule has 0 aliphatic heterocycles. The van der Waals surface area contributed by atoms with Crippen LogP contribution in [0.5, 0.6) is 0 Å². The molecule has 0 aliphatic carbocycles. The van der Waals surface area contributed by atoms with Crippen molar-refractivity contribution >= 4 is 0 Å². The van der Waals surface area contributed by atoms with Crippen molar-refractivity contribution in [3.05, 3.63) is 29.1 Å². The number of hydrogen-bond donors (Lipinski definition) is 0. The summed E-state index contributed by atoms with van der Waals surface area (Å²) < 4.78 is 0. The van der Waals surface area contributed by atoms with Gasteiger partial charge in [-0.05, 0) is 38.9 Å². The monoisotopic (exact) mass is 217 g/mol. The molecule has 0 N–H and O–H groups in total. The zero-order valence-electron chi connectivity index (χ0n) is 10.5. The number of rotatable bonds is 4. The number of pyridine rings is 1. The second kappa shape index (κ2) is 5.62. The lowest BCUT2D eigenvalue weighted by Crippen LogP contribution is -2.25. The minimum atomic E-state index is 0.497. The topological polar surface area (TPSA) is 39.9 Å². The normalized spacial score (nSPS) is 10.8. The largest absolute Gasteiger partial charge is 0.300 e. The van der Waals surface area contributed by atoms with E-state index in [1.165, 1.54) is 0 Å². The highest BCUT2D eigenvalue weighted by atomic mass is 15.1. The average molecular weight is 217 g/mol. The van der Waals surface area contributed by atoms with Crippen molar-refractivity contribution in [2.24, 2.45) is 0 Å². The minimum Gasteiger partial charge on any atom is -0.300 e. The Hall–Kier alpha value is -1.40. The third-order valence-corrected chi connectivity index (χ3v) is 2.80. The van der Waals surface area contributed by atoms with Crippen LogP contribution in [0, 0.1) is 11.3 Å². The Labute approximate surface area is 97.7 Å². The van der Waals surface area contributed by atoms with Gasteiger partial charge in [-0.1, -0.05) is 6.92 Å². The van der Waals surface area contributed by atoms with Gasteiger partial charge in [0, 0.05) is 18.8 Å². The van der Waals surface area contributed by atoms with Gasteiger partial charge in [0.05, 0.1) is 11.3 Å². The molecule has 1 aromatic rings. The van der Waals surface area contributed by atoms with Crippen LogP contribution in [0.25, 0.3) is 0 Å². The predicted octanol–water partition coefficient (Wildman–Crippen LogP) is 2.36. The summed E-state index contributed by atoms with van der Waals surface area (Å²) in [5.41, 5.74) is 2.69. The molecule has 0 saturated heterocycles. The number of aryl methyl sites for hydroxylation is 1. The summed E-state index contributed by atoms with van der Waals surface area (Å²) in [7, 11) is 2.07. The van der Waals surface area contributed by atoms with E-state index < -0.39 is 0 Å². The molecular weight excluding hydrogens is 198 g/mol. The molecule has 0 aromatic carbocycles. The first-order valence-electron chi connectivity index (χ1n) is 5.66. The van der Waals surface area contributed by atoms with Crippen molar-refractivity contribution in [3.63, 3.8) is 0 Å². The van der Waals surface area contributed by atoms with Gasteiger partial charge in [-0.15, -0.1) is 0 Å². The summed E-state index contributed by atoms with van der Waals surface area (Å²) >= 11 is 0. The fourth-order valence-electron chi connectivity index (χ4n) is 1.47. The first-order valence-corrected chi connectivity index (χ1v) is 5.66. The van der Waals surface area contributed by atoms with Gasteiger partial charge in [0.1, 0.15) is 6.07 Å². The van der Waals surface area contributed by atoms with Crippen LogP contribution < -0.4 is 0 Å². The Morgan fingerprint density at radius 3 is 2.69 bits per heavy atom. The highest BCUT2D eigenvalue weighted by Crippen LogP contribution is 2.11. The Bertz CT molecular complexity index is 391. The maximum absolute atomic E-state index is 9.01. The van der Waals surface area contributed by atoms with Gasteiger partial charge in [-0.25, -0.2) is 0 Å². The lowest BCUT2D eigenvalue weighted by Gasteiger charge is -2.20. The number of hydrogen-bond acceptors (Lipinski definition) is 3. The second-order valence-electron chi connectivity index (χ2n) is 4.31. The summed E-state index contributed by atoms with van der Waals surface area (Å²) in [4.78, 5) is 6.56. The van der Waals surface area contributed by atoms with E-state index in [1.54, 1.807) is 0 Å². The Kier molecular flexibility index (Phi) is 4.45. The van der Waals surface area contributed by atoms with E-state index in [-0.39, 0.29) is 0 Å². The molecule has 3 heteroatoms. The molecule has 0 fully saturated rings. The SMILES string of the molecule is CCc1ncc(CN(C)C(C)C)cc1C#N. The van der Waals surface area contributed by atoms with Gasteiger partial charge < -0.3 is 0 Å². The van der Waals surface area contributed by atoms with Crippen molar-refractivity contribution < 1.29 is 0 Å². The average Bonchev–Trinajstić information content (AvgIpc) is 2.28. The lowest BCUT2D eigenvalue weighted by atomic mass is 10.1. The smallest absolute Gasteiger partial charge is 0.101 e. The van der Waals surface area contributed by atoms with Crippen LogP contribution in [-0.4, -0.2) is 23.0 Å². The molecule has 86 valence electrons. The first kappa shape index (κ1) is 12.7. The zero-order chi connectivity index (χ0) is 12.1. The van der Waals surface area contributed by atoms with E-state index >= 15 is 0 Å². The number of nitriles is 1. The molecule has 3 nitrogen and oxygen atoms in total. The maximum atomic E-state index is 9.01. The first-order chi connectivity index (χ1) is 7.58. The summed E-state index contributed by atoms with van der Waals surface area (Å²) in [6.07, 6.45) is 2.68. The molecule has 0 aliphatic rings. The molecular formula is C13H19N3. The molecule has 0 saturated carbocycles. The molecule has 0 amide bonds. The maximum Gasteiger partial charge on any atom is 0.101 e. The summed E-state index contributed by atoms with van der Waals surface area (Å²) in [6.45, 7) is 7.16. The van der Waals surface area contributed by atoms with Crippen LogP contribution >= 0.6 is 0 Å². The second-order valence-corrected chi connectivity index (χ2v) is 4.31. The Morgan fingerprint density at radius 1 is 1.50 bits per heavy atom. The van der Waals surface area contributed by atoms with Crippen molar-refractivity contribution in [2.45, 2.75) is 39.8 Å². The van der Waals surface area contributed by atoms with Gasteiger partial charge in [-0.2, -0.15) is 5.26 Å². The van der Waals surface area contributed by atoms with Crippen LogP contribution in [0.4, 0.5) is 0 Å². The van der Waals surface area contributed by atoms with Crippen molar-refractivity contribution in [3.8, 4) is 6.07 Å². The van der Waals surface area contributed by atoms with E-state index in [2.05, 4.69) is 36.8 Å². The molecule has 0 unspecified atom stereocenters. The highest BCUT2D eigenvalue weighted by molar-refractivity contribution is 5.35. The molecule has 1 rings (SSSR count).